The third-order valence-corrected chi connectivity index (χ3v) is 2.48. The average molecular weight is 245 g/mol. The molecule has 1 rings (SSSR count). The number of nitrogens with one attached hydrogen (secondary N) is 1. The molecule has 1 aliphatic carbocycles. The van der Waals surface area contributed by atoms with E-state index in [4.69, 9.17) is 11.6 Å². The second kappa shape index (κ2) is 5.92. The maximum atomic E-state index is 13.2. The van der Waals surface area contributed by atoms with Gasteiger partial charge in [0.25, 0.3) is 0 Å². The summed E-state index contributed by atoms with van der Waals surface area (Å²) in [5, 5.41) is 2.91. The molecule has 3 nitrogen and oxygen atoms in total. The monoisotopic (exact) mass is 244 g/mol. The van der Waals surface area contributed by atoms with Gasteiger partial charge < -0.3 is 5.32 Å². The molecule has 0 radical (unpaired) electrons. The molecule has 0 aliphatic heterocycles. The Labute approximate surface area is 99.1 Å². The van der Waals surface area contributed by atoms with Crippen molar-refractivity contribution < 1.29 is 9.18 Å². The van der Waals surface area contributed by atoms with Gasteiger partial charge in [-0.05, 0) is 19.4 Å². The molecule has 0 spiro atoms. The Bertz CT molecular complexity index is 352. The molecule has 1 fully saturated rings. The number of rotatable bonds is 6. The first-order valence-electron chi connectivity index (χ1n) is 5.03. The summed E-state index contributed by atoms with van der Waals surface area (Å²) in [6.07, 6.45) is 1.89. The van der Waals surface area contributed by atoms with E-state index in [2.05, 4.69) is 23.5 Å². The lowest BCUT2D eigenvalue weighted by Crippen LogP contribution is -2.44. The fraction of sp³-hybridized carbons (Fsp3) is 0.455. The van der Waals surface area contributed by atoms with Crippen molar-refractivity contribution in [2.24, 2.45) is 4.99 Å². The summed E-state index contributed by atoms with van der Waals surface area (Å²) < 4.78 is 13.2. The third kappa shape index (κ3) is 3.87. The predicted octanol–water partition coefficient (Wildman–Crippen LogP) is 2.33. The summed E-state index contributed by atoms with van der Waals surface area (Å²) >= 11 is 5.33. The minimum absolute atomic E-state index is 0.0595. The molecule has 1 atom stereocenters. The molecule has 0 saturated heterocycles. The van der Waals surface area contributed by atoms with Crippen molar-refractivity contribution in [3.8, 4) is 0 Å². The zero-order valence-corrected chi connectivity index (χ0v) is 9.69. The molecule has 0 heterocycles. The SMILES string of the molecule is C=C(Cl)/N=C(/F)C(=C)CCNC1CCC1=O. The minimum atomic E-state index is -0.707. The van der Waals surface area contributed by atoms with Crippen LogP contribution >= 0.6 is 11.6 Å². The molecule has 88 valence electrons. The molecular formula is C11H14ClFN2O. The highest BCUT2D eigenvalue weighted by Crippen LogP contribution is 2.14. The molecule has 0 amide bonds. The van der Waals surface area contributed by atoms with Gasteiger partial charge in [0.1, 0.15) is 10.9 Å². The number of hydrogen-bond donors (Lipinski definition) is 1. The zero-order chi connectivity index (χ0) is 12.1. The Hall–Kier alpha value is -1.00. The summed E-state index contributed by atoms with van der Waals surface area (Å²) in [5.41, 5.74) is 0.251. The van der Waals surface area contributed by atoms with E-state index in [0.717, 1.165) is 6.42 Å². The van der Waals surface area contributed by atoms with E-state index in [1.807, 2.05) is 0 Å². The van der Waals surface area contributed by atoms with Crippen LogP contribution in [-0.4, -0.2) is 24.3 Å². The molecule has 0 aromatic carbocycles. The Balaban J connectivity index is 2.24. The quantitative estimate of drug-likeness (QED) is 0.576. The van der Waals surface area contributed by atoms with E-state index in [0.29, 0.717) is 19.4 Å². The molecule has 0 aromatic rings. The highest BCUT2D eigenvalue weighted by atomic mass is 35.5. The largest absolute Gasteiger partial charge is 0.307 e. The molecule has 1 saturated carbocycles. The van der Waals surface area contributed by atoms with Crippen LogP contribution in [0.2, 0.25) is 0 Å². The average Bonchev–Trinajstić information content (AvgIpc) is 2.20. The zero-order valence-electron chi connectivity index (χ0n) is 8.93. The third-order valence-electron chi connectivity index (χ3n) is 2.40. The predicted molar refractivity (Wildman–Crippen MR) is 63.3 cm³/mol. The molecule has 1 N–H and O–H groups in total. The lowest BCUT2D eigenvalue weighted by Gasteiger charge is -2.24. The van der Waals surface area contributed by atoms with Crippen molar-refractivity contribution in [1.29, 1.82) is 0 Å². The van der Waals surface area contributed by atoms with Crippen LogP contribution in [0.5, 0.6) is 0 Å². The first-order valence-corrected chi connectivity index (χ1v) is 5.41. The minimum Gasteiger partial charge on any atom is -0.307 e. The van der Waals surface area contributed by atoms with Gasteiger partial charge in [-0.15, -0.1) is 0 Å². The van der Waals surface area contributed by atoms with Gasteiger partial charge in [0.05, 0.1) is 6.04 Å². The van der Waals surface area contributed by atoms with E-state index in [1.165, 1.54) is 0 Å². The summed E-state index contributed by atoms with van der Waals surface area (Å²) in [6, 6.07) is -0.0595. The van der Waals surface area contributed by atoms with Crippen LogP contribution in [0.1, 0.15) is 19.3 Å². The van der Waals surface area contributed by atoms with E-state index >= 15 is 0 Å². The smallest absolute Gasteiger partial charge is 0.216 e. The van der Waals surface area contributed by atoms with Gasteiger partial charge in [0.15, 0.2) is 0 Å². The van der Waals surface area contributed by atoms with Gasteiger partial charge in [-0.25, -0.2) is 4.99 Å². The fourth-order valence-corrected chi connectivity index (χ4v) is 1.38. The Kier molecular flexibility index (Phi) is 4.83. The van der Waals surface area contributed by atoms with Crippen LogP contribution in [-0.2, 0) is 4.79 Å². The second-order valence-electron chi connectivity index (χ2n) is 3.64. The normalized spacial score (nSPS) is 20.5. The summed E-state index contributed by atoms with van der Waals surface area (Å²) in [7, 11) is 0. The molecule has 16 heavy (non-hydrogen) atoms. The number of halogens is 2. The van der Waals surface area contributed by atoms with Crippen LogP contribution in [0.25, 0.3) is 0 Å². The van der Waals surface area contributed by atoms with Crippen LogP contribution < -0.4 is 5.32 Å². The van der Waals surface area contributed by atoms with Crippen molar-refractivity contribution in [1.82, 2.24) is 5.32 Å². The van der Waals surface area contributed by atoms with Crippen LogP contribution in [0.15, 0.2) is 28.9 Å². The van der Waals surface area contributed by atoms with Gasteiger partial charge in [0.2, 0.25) is 5.97 Å². The Morgan fingerprint density at radius 2 is 2.31 bits per heavy atom. The van der Waals surface area contributed by atoms with Crippen molar-refractivity contribution in [2.75, 3.05) is 6.54 Å². The number of Topliss-reactive ketones (excluding diaryl/α,β-unsaturated/α-hetero) is 1. The molecule has 5 heteroatoms. The number of aliphatic imine (C=N–C) groups is 1. The van der Waals surface area contributed by atoms with Crippen molar-refractivity contribution in [3.05, 3.63) is 23.9 Å². The fourth-order valence-electron chi connectivity index (χ4n) is 1.31. The lowest BCUT2D eigenvalue weighted by molar-refractivity contribution is -0.126. The highest BCUT2D eigenvalue weighted by Gasteiger charge is 2.26. The Morgan fingerprint density at radius 1 is 1.62 bits per heavy atom. The summed E-state index contributed by atoms with van der Waals surface area (Å²) in [4.78, 5) is 14.3. The first kappa shape index (κ1) is 13.1. The van der Waals surface area contributed by atoms with E-state index < -0.39 is 5.97 Å². The molecule has 1 aliphatic rings. The van der Waals surface area contributed by atoms with Crippen molar-refractivity contribution >= 4 is 23.3 Å². The number of hydrogen-bond acceptors (Lipinski definition) is 3. The van der Waals surface area contributed by atoms with Gasteiger partial charge in [-0.3, -0.25) is 4.79 Å². The van der Waals surface area contributed by atoms with Gasteiger partial charge in [-0.2, -0.15) is 4.39 Å². The molecule has 0 aromatic heterocycles. The second-order valence-corrected chi connectivity index (χ2v) is 4.08. The van der Waals surface area contributed by atoms with Gasteiger partial charge >= 0.3 is 0 Å². The molecule has 0 bridgehead atoms. The van der Waals surface area contributed by atoms with Crippen LogP contribution in [0.4, 0.5) is 4.39 Å². The van der Waals surface area contributed by atoms with E-state index in [1.54, 1.807) is 0 Å². The van der Waals surface area contributed by atoms with Gasteiger partial charge in [-0.1, -0.05) is 24.8 Å². The standard InChI is InChI=1S/C11H14ClFN2O/c1-7(11(13)15-8(2)12)5-6-14-9-3-4-10(9)16/h9,14H,1-6H2/b15-11+. The number of ketones is 1. The van der Waals surface area contributed by atoms with Crippen LogP contribution in [0, 0.1) is 0 Å². The maximum Gasteiger partial charge on any atom is 0.216 e. The van der Waals surface area contributed by atoms with Crippen molar-refractivity contribution in [3.63, 3.8) is 0 Å². The molecular weight excluding hydrogens is 231 g/mol. The Morgan fingerprint density at radius 3 is 2.75 bits per heavy atom. The van der Waals surface area contributed by atoms with Gasteiger partial charge in [0, 0.05) is 12.0 Å². The number of carbonyl (C=O) groups excluding carboxylic acids is 1. The lowest BCUT2D eigenvalue weighted by atomic mass is 9.91. The highest BCUT2D eigenvalue weighted by molar-refractivity contribution is 6.29. The molecule has 1 unspecified atom stereocenters. The van der Waals surface area contributed by atoms with E-state index in [-0.39, 0.29) is 22.6 Å². The first-order chi connectivity index (χ1) is 7.50. The number of carbonyl (C=O) groups is 1. The maximum absolute atomic E-state index is 13.2. The topological polar surface area (TPSA) is 41.5 Å². The number of nitrogens with zero attached hydrogens (tertiary/aromatic N) is 1. The summed E-state index contributed by atoms with van der Waals surface area (Å²) in [6.45, 7) is 7.30. The van der Waals surface area contributed by atoms with E-state index in [9.17, 15) is 9.18 Å². The summed E-state index contributed by atoms with van der Waals surface area (Å²) in [5.74, 6) is -0.490. The van der Waals surface area contributed by atoms with Crippen molar-refractivity contribution in [2.45, 2.75) is 25.3 Å². The van der Waals surface area contributed by atoms with Crippen LogP contribution in [0.3, 0.4) is 0 Å².